The minimum atomic E-state index is -1.09. The van der Waals surface area contributed by atoms with Gasteiger partial charge in [-0.1, -0.05) is 0 Å². The zero-order valence-electron chi connectivity index (χ0n) is 10.9. The number of carbonyl (C=O) groups is 1. The first-order valence-corrected chi connectivity index (χ1v) is 6.45. The van der Waals surface area contributed by atoms with E-state index in [-0.39, 0.29) is 0 Å². The Balaban J connectivity index is 2.49. The highest BCUT2D eigenvalue weighted by atomic mass is 35.5. The first-order chi connectivity index (χ1) is 9.43. The number of hydrogen-bond donors (Lipinski definition) is 1. The maximum Gasteiger partial charge on any atom is 0.232 e. The second-order valence-electron chi connectivity index (χ2n) is 4.87. The van der Waals surface area contributed by atoms with E-state index < -0.39 is 16.5 Å². The summed E-state index contributed by atoms with van der Waals surface area (Å²) in [6.07, 6.45) is 3.58. The minimum absolute atomic E-state index is 0.325. The number of benzene rings is 1. The van der Waals surface area contributed by atoms with Crippen molar-refractivity contribution < 1.29 is 9.18 Å². The molecule has 0 aliphatic heterocycles. The van der Waals surface area contributed by atoms with Crippen LogP contribution in [-0.4, -0.2) is 10.2 Å². The van der Waals surface area contributed by atoms with Gasteiger partial charge in [0.1, 0.15) is 5.82 Å². The number of carbonyl (C=O) groups excluding carboxylic acids is 1. The molecular formula is C15H14ClFN2O. The van der Waals surface area contributed by atoms with Crippen LogP contribution >= 0.6 is 11.6 Å². The van der Waals surface area contributed by atoms with Crippen LogP contribution in [0.2, 0.25) is 0 Å². The molecule has 3 nitrogen and oxygen atoms in total. The molecule has 1 aromatic carbocycles. The Morgan fingerprint density at radius 3 is 2.60 bits per heavy atom. The molecular weight excluding hydrogens is 279 g/mol. The minimum Gasteiger partial charge on any atom is -0.398 e. The van der Waals surface area contributed by atoms with Crippen LogP contribution in [0, 0.1) is 5.82 Å². The summed E-state index contributed by atoms with van der Waals surface area (Å²) in [5.74, 6) is -0.451. The van der Waals surface area contributed by atoms with E-state index in [9.17, 15) is 9.18 Å². The fourth-order valence-electron chi connectivity index (χ4n) is 2.19. The molecule has 0 fully saturated rings. The van der Waals surface area contributed by atoms with Gasteiger partial charge in [0, 0.05) is 18.1 Å². The second kappa shape index (κ2) is 5.59. The third-order valence-electron chi connectivity index (χ3n) is 3.35. The first-order valence-electron chi connectivity index (χ1n) is 6.08. The van der Waals surface area contributed by atoms with Gasteiger partial charge in [0.05, 0.1) is 5.41 Å². The molecule has 1 atom stereocenters. The lowest BCUT2D eigenvalue weighted by molar-refractivity contribution is -0.116. The lowest BCUT2D eigenvalue weighted by atomic mass is 9.77. The van der Waals surface area contributed by atoms with Gasteiger partial charge in [-0.15, -0.1) is 0 Å². The number of nitrogens with two attached hydrogens (primary N) is 1. The smallest absolute Gasteiger partial charge is 0.232 e. The van der Waals surface area contributed by atoms with Gasteiger partial charge in [-0.25, -0.2) is 4.39 Å². The van der Waals surface area contributed by atoms with Crippen molar-refractivity contribution in [3.05, 3.63) is 59.7 Å². The molecule has 2 aromatic rings. The van der Waals surface area contributed by atoms with Gasteiger partial charge in [0.2, 0.25) is 5.24 Å². The van der Waals surface area contributed by atoms with Gasteiger partial charge in [-0.2, -0.15) is 0 Å². The molecule has 0 saturated carbocycles. The highest BCUT2D eigenvalue weighted by Crippen LogP contribution is 2.34. The number of anilines is 1. The fraction of sp³-hybridized carbons (Fsp3) is 0.200. The van der Waals surface area contributed by atoms with E-state index in [2.05, 4.69) is 4.98 Å². The van der Waals surface area contributed by atoms with Crippen molar-refractivity contribution in [3.8, 4) is 0 Å². The Labute approximate surface area is 121 Å². The molecule has 0 amide bonds. The van der Waals surface area contributed by atoms with Gasteiger partial charge in [-0.05, 0) is 66.4 Å². The highest BCUT2D eigenvalue weighted by molar-refractivity contribution is 6.65. The predicted molar refractivity (Wildman–Crippen MR) is 77.0 cm³/mol. The summed E-state index contributed by atoms with van der Waals surface area (Å²) in [5.41, 5.74) is 6.41. The van der Waals surface area contributed by atoms with E-state index in [1.54, 1.807) is 31.5 Å². The molecule has 0 saturated heterocycles. The molecule has 20 heavy (non-hydrogen) atoms. The van der Waals surface area contributed by atoms with Gasteiger partial charge in [0.15, 0.2) is 0 Å². The van der Waals surface area contributed by atoms with Crippen LogP contribution in [0.1, 0.15) is 18.1 Å². The Hall–Kier alpha value is -1.94. The number of rotatable bonds is 4. The Bertz CT molecular complexity index is 633. The van der Waals surface area contributed by atoms with Crippen LogP contribution in [0.5, 0.6) is 0 Å². The number of nitrogen functional groups attached to an aromatic ring is 1. The largest absolute Gasteiger partial charge is 0.398 e. The average Bonchev–Trinajstić information content (AvgIpc) is 2.42. The van der Waals surface area contributed by atoms with E-state index in [1.807, 2.05) is 0 Å². The van der Waals surface area contributed by atoms with Crippen LogP contribution in [0.15, 0.2) is 42.7 Å². The van der Waals surface area contributed by atoms with Gasteiger partial charge in [-0.3, -0.25) is 9.78 Å². The molecule has 0 bridgehead atoms. The second-order valence-corrected chi connectivity index (χ2v) is 5.21. The lowest BCUT2D eigenvalue weighted by Crippen LogP contribution is -2.33. The van der Waals surface area contributed by atoms with Crippen molar-refractivity contribution in [2.75, 3.05) is 5.73 Å². The van der Waals surface area contributed by atoms with Gasteiger partial charge >= 0.3 is 0 Å². The molecule has 0 aliphatic rings. The molecule has 104 valence electrons. The number of nitrogens with zero attached hydrogens (tertiary/aromatic N) is 1. The Morgan fingerprint density at radius 1 is 1.35 bits per heavy atom. The van der Waals surface area contributed by atoms with E-state index in [0.717, 1.165) is 5.56 Å². The quantitative estimate of drug-likeness (QED) is 0.696. The predicted octanol–water partition coefficient (Wildman–Crippen LogP) is 3.07. The summed E-state index contributed by atoms with van der Waals surface area (Å²) in [7, 11) is 0. The monoisotopic (exact) mass is 292 g/mol. The standard InChI is InChI=1S/C15H14ClFN2O/c1-15(14(16)20,9-10-4-6-19-7-5-10)12-8-11(17)2-3-13(12)18/h2-8H,9,18H2,1H3. The van der Waals surface area contributed by atoms with Crippen LogP contribution in [-0.2, 0) is 16.6 Å². The van der Waals surface area contributed by atoms with E-state index >= 15 is 0 Å². The summed E-state index contributed by atoms with van der Waals surface area (Å²) >= 11 is 5.76. The normalized spacial score (nSPS) is 13.8. The molecule has 0 aliphatic carbocycles. The topological polar surface area (TPSA) is 56.0 Å². The maximum absolute atomic E-state index is 13.5. The molecule has 1 aromatic heterocycles. The van der Waals surface area contributed by atoms with Crippen molar-refractivity contribution >= 4 is 22.5 Å². The number of aromatic nitrogens is 1. The average molecular weight is 293 g/mol. The summed E-state index contributed by atoms with van der Waals surface area (Å²) in [6.45, 7) is 1.66. The maximum atomic E-state index is 13.5. The van der Waals surface area contributed by atoms with E-state index in [4.69, 9.17) is 17.3 Å². The molecule has 2 rings (SSSR count). The van der Waals surface area contributed by atoms with Gasteiger partial charge in [0.25, 0.3) is 0 Å². The molecule has 1 unspecified atom stereocenters. The lowest BCUT2D eigenvalue weighted by Gasteiger charge is -2.27. The van der Waals surface area contributed by atoms with E-state index in [1.165, 1.54) is 18.2 Å². The molecule has 0 radical (unpaired) electrons. The first kappa shape index (κ1) is 14.5. The summed E-state index contributed by atoms with van der Waals surface area (Å²) in [4.78, 5) is 15.8. The SMILES string of the molecule is CC(Cc1ccncc1)(C(=O)Cl)c1cc(F)ccc1N. The Morgan fingerprint density at radius 2 is 2.00 bits per heavy atom. The van der Waals surface area contributed by atoms with Crippen LogP contribution in [0.3, 0.4) is 0 Å². The summed E-state index contributed by atoms with van der Waals surface area (Å²) in [5, 5.41) is -0.577. The van der Waals surface area contributed by atoms with Crippen LogP contribution < -0.4 is 5.73 Å². The number of pyridine rings is 1. The van der Waals surface area contributed by atoms with Gasteiger partial charge < -0.3 is 5.73 Å². The zero-order chi connectivity index (χ0) is 14.8. The Kier molecular flexibility index (Phi) is 4.04. The van der Waals surface area contributed by atoms with Crippen LogP contribution in [0.25, 0.3) is 0 Å². The van der Waals surface area contributed by atoms with E-state index in [0.29, 0.717) is 17.7 Å². The van der Waals surface area contributed by atoms with Crippen molar-refractivity contribution in [2.24, 2.45) is 0 Å². The van der Waals surface area contributed by atoms with Crippen molar-refractivity contribution in [1.29, 1.82) is 0 Å². The number of halogens is 2. The number of hydrogen-bond acceptors (Lipinski definition) is 3. The third kappa shape index (κ3) is 2.80. The van der Waals surface area contributed by atoms with Crippen LogP contribution in [0.4, 0.5) is 10.1 Å². The molecule has 2 N–H and O–H groups in total. The zero-order valence-corrected chi connectivity index (χ0v) is 11.7. The third-order valence-corrected chi connectivity index (χ3v) is 3.77. The highest BCUT2D eigenvalue weighted by Gasteiger charge is 2.36. The van der Waals surface area contributed by atoms with Crippen molar-refractivity contribution in [1.82, 2.24) is 4.98 Å². The molecule has 5 heteroatoms. The fourth-order valence-corrected chi connectivity index (χ4v) is 2.35. The molecule has 0 spiro atoms. The summed E-state index contributed by atoms with van der Waals surface area (Å²) in [6, 6.07) is 7.53. The summed E-state index contributed by atoms with van der Waals surface area (Å²) < 4.78 is 13.5. The van der Waals surface area contributed by atoms with Crippen molar-refractivity contribution in [2.45, 2.75) is 18.8 Å². The van der Waals surface area contributed by atoms with Crippen molar-refractivity contribution in [3.63, 3.8) is 0 Å². The molecule has 1 heterocycles.